The molecule has 2 unspecified atom stereocenters. The van der Waals surface area contributed by atoms with Crippen LogP contribution in [0.2, 0.25) is 0 Å². The molecule has 0 aromatic heterocycles. The van der Waals surface area contributed by atoms with Gasteiger partial charge in [0.05, 0.1) is 11.7 Å². The van der Waals surface area contributed by atoms with Crippen molar-refractivity contribution in [1.82, 2.24) is 0 Å². The van der Waals surface area contributed by atoms with Crippen LogP contribution in [0.5, 0.6) is 0 Å². The van der Waals surface area contributed by atoms with Crippen LogP contribution in [-0.4, -0.2) is 26.9 Å². The molecule has 3 N–H and O–H groups in total. The zero-order chi connectivity index (χ0) is 10.1. The quantitative estimate of drug-likeness (QED) is 0.594. The highest BCUT2D eigenvalue weighted by Gasteiger charge is 2.37. The van der Waals surface area contributed by atoms with Gasteiger partial charge < -0.3 is 15.3 Å². The molecular weight excluding hydrogens is 172 g/mol. The Balaban J connectivity index is 2.85. The fourth-order valence-electron chi connectivity index (χ4n) is 1.25. The van der Waals surface area contributed by atoms with E-state index < -0.39 is 17.5 Å². The number of rotatable bonds is 2. The molecular formula is C9H12O4. The van der Waals surface area contributed by atoms with Crippen molar-refractivity contribution in [1.29, 1.82) is 0 Å². The molecule has 4 nitrogen and oxygen atoms in total. The van der Waals surface area contributed by atoms with E-state index in [1.165, 1.54) is 25.2 Å². The predicted molar refractivity (Wildman–Crippen MR) is 46.2 cm³/mol. The molecule has 13 heavy (non-hydrogen) atoms. The average molecular weight is 184 g/mol. The molecule has 0 aliphatic heterocycles. The summed E-state index contributed by atoms with van der Waals surface area (Å²) in [6.07, 6.45) is 4.24. The zero-order valence-corrected chi connectivity index (χ0v) is 7.27. The molecule has 0 saturated heterocycles. The minimum absolute atomic E-state index is 0.00176. The topological polar surface area (TPSA) is 77.8 Å². The SMILES string of the molecule is CC(C(=O)O)C1(O)C=CC=C(O)C1. The van der Waals surface area contributed by atoms with Gasteiger partial charge in [0.1, 0.15) is 5.60 Å². The highest BCUT2D eigenvalue weighted by atomic mass is 16.4. The van der Waals surface area contributed by atoms with Gasteiger partial charge in [-0.1, -0.05) is 12.2 Å². The first-order valence-corrected chi connectivity index (χ1v) is 3.98. The third-order valence-corrected chi connectivity index (χ3v) is 2.26. The third-order valence-electron chi connectivity index (χ3n) is 2.26. The van der Waals surface area contributed by atoms with Crippen molar-refractivity contribution < 1.29 is 20.1 Å². The lowest BCUT2D eigenvalue weighted by Gasteiger charge is -2.29. The second kappa shape index (κ2) is 3.22. The predicted octanol–water partition coefficient (Wildman–Crippen LogP) is 0.840. The van der Waals surface area contributed by atoms with Crippen LogP contribution in [0.4, 0.5) is 0 Å². The first-order chi connectivity index (χ1) is 5.96. The van der Waals surface area contributed by atoms with Crippen LogP contribution in [-0.2, 0) is 4.79 Å². The Bertz CT molecular complexity index is 279. The number of hydrogen-bond donors (Lipinski definition) is 3. The van der Waals surface area contributed by atoms with E-state index in [1.54, 1.807) is 0 Å². The lowest BCUT2D eigenvalue weighted by molar-refractivity contribution is -0.148. The first kappa shape index (κ1) is 9.80. The fraction of sp³-hybridized carbons (Fsp3) is 0.444. The van der Waals surface area contributed by atoms with Crippen LogP contribution in [0.15, 0.2) is 24.0 Å². The van der Waals surface area contributed by atoms with Crippen molar-refractivity contribution >= 4 is 5.97 Å². The first-order valence-electron chi connectivity index (χ1n) is 3.98. The number of carbonyl (C=O) groups is 1. The van der Waals surface area contributed by atoms with E-state index in [2.05, 4.69) is 0 Å². The second-order valence-electron chi connectivity index (χ2n) is 3.25. The Morgan fingerprint density at radius 3 is 2.77 bits per heavy atom. The normalized spacial score (nSPS) is 29.5. The Morgan fingerprint density at radius 2 is 2.31 bits per heavy atom. The van der Waals surface area contributed by atoms with Gasteiger partial charge in [0.25, 0.3) is 0 Å². The second-order valence-corrected chi connectivity index (χ2v) is 3.25. The van der Waals surface area contributed by atoms with Gasteiger partial charge in [0, 0.05) is 6.42 Å². The maximum Gasteiger partial charge on any atom is 0.309 e. The van der Waals surface area contributed by atoms with E-state index in [9.17, 15) is 9.90 Å². The minimum Gasteiger partial charge on any atom is -0.512 e. The lowest BCUT2D eigenvalue weighted by atomic mass is 9.83. The van der Waals surface area contributed by atoms with E-state index in [0.29, 0.717) is 0 Å². The van der Waals surface area contributed by atoms with Crippen molar-refractivity contribution in [2.24, 2.45) is 5.92 Å². The summed E-state index contributed by atoms with van der Waals surface area (Å²) < 4.78 is 0. The number of carboxylic acid groups (broad SMARTS) is 1. The minimum atomic E-state index is -1.47. The molecule has 0 bridgehead atoms. The van der Waals surface area contributed by atoms with Gasteiger partial charge in [-0.25, -0.2) is 0 Å². The maximum atomic E-state index is 10.6. The summed E-state index contributed by atoms with van der Waals surface area (Å²) in [5, 5.41) is 27.6. The summed E-state index contributed by atoms with van der Waals surface area (Å²) in [6.45, 7) is 1.41. The molecule has 0 fully saturated rings. The standard InChI is InChI=1S/C9H12O4/c1-6(8(11)12)9(13)4-2-3-7(10)5-9/h2-4,6,10,13H,5H2,1H3,(H,11,12). The summed E-state index contributed by atoms with van der Waals surface area (Å²) in [5.41, 5.74) is -1.47. The van der Waals surface area contributed by atoms with Gasteiger partial charge in [0.2, 0.25) is 0 Å². The van der Waals surface area contributed by atoms with Crippen molar-refractivity contribution in [2.75, 3.05) is 0 Å². The smallest absolute Gasteiger partial charge is 0.309 e. The molecule has 1 aliphatic carbocycles. The van der Waals surface area contributed by atoms with Crippen molar-refractivity contribution in [3.8, 4) is 0 Å². The molecule has 2 atom stereocenters. The van der Waals surface area contributed by atoms with Gasteiger partial charge in [-0.3, -0.25) is 4.79 Å². The van der Waals surface area contributed by atoms with Crippen LogP contribution in [0.1, 0.15) is 13.3 Å². The van der Waals surface area contributed by atoms with Crippen LogP contribution in [0.25, 0.3) is 0 Å². The molecule has 72 valence electrons. The fourth-order valence-corrected chi connectivity index (χ4v) is 1.25. The molecule has 1 rings (SSSR count). The van der Waals surface area contributed by atoms with Gasteiger partial charge >= 0.3 is 5.97 Å². The molecule has 0 heterocycles. The highest BCUT2D eigenvalue weighted by Crippen LogP contribution is 2.29. The molecule has 1 aliphatic rings. The molecule has 0 saturated carbocycles. The number of aliphatic carboxylic acids is 1. The molecule has 0 aromatic carbocycles. The van der Waals surface area contributed by atoms with E-state index >= 15 is 0 Å². The Hall–Kier alpha value is -1.29. The van der Waals surface area contributed by atoms with Gasteiger partial charge in [0.15, 0.2) is 0 Å². The van der Waals surface area contributed by atoms with E-state index in [4.69, 9.17) is 10.2 Å². The summed E-state index contributed by atoms with van der Waals surface area (Å²) in [6, 6.07) is 0. The van der Waals surface area contributed by atoms with E-state index in [0.717, 1.165) is 0 Å². The average Bonchev–Trinajstić information content (AvgIpc) is 2.02. The van der Waals surface area contributed by atoms with Crippen LogP contribution >= 0.6 is 0 Å². The van der Waals surface area contributed by atoms with Gasteiger partial charge in [-0.15, -0.1) is 0 Å². The molecule has 4 heteroatoms. The van der Waals surface area contributed by atoms with Crippen LogP contribution in [0.3, 0.4) is 0 Å². The summed E-state index contributed by atoms with van der Waals surface area (Å²) in [5.74, 6) is -2.01. The van der Waals surface area contributed by atoms with Crippen molar-refractivity contribution in [3.63, 3.8) is 0 Å². The Labute approximate surface area is 75.8 Å². The lowest BCUT2D eigenvalue weighted by Crippen LogP contribution is -2.40. The van der Waals surface area contributed by atoms with Gasteiger partial charge in [-0.05, 0) is 13.0 Å². The van der Waals surface area contributed by atoms with Crippen molar-refractivity contribution in [3.05, 3.63) is 24.0 Å². The number of hydrogen-bond acceptors (Lipinski definition) is 3. The van der Waals surface area contributed by atoms with Gasteiger partial charge in [-0.2, -0.15) is 0 Å². The summed E-state index contributed by atoms with van der Waals surface area (Å²) in [4.78, 5) is 10.6. The number of allylic oxidation sites excluding steroid dienone is 2. The monoisotopic (exact) mass is 184 g/mol. The number of aliphatic hydroxyl groups is 2. The number of aliphatic hydroxyl groups excluding tert-OH is 1. The number of carboxylic acids is 1. The summed E-state index contributed by atoms with van der Waals surface area (Å²) in [7, 11) is 0. The highest BCUT2D eigenvalue weighted by molar-refractivity contribution is 5.71. The molecule has 0 spiro atoms. The Kier molecular flexibility index (Phi) is 2.43. The molecule has 0 radical (unpaired) electrons. The van der Waals surface area contributed by atoms with E-state index in [-0.39, 0.29) is 12.2 Å². The molecule has 0 amide bonds. The van der Waals surface area contributed by atoms with Crippen molar-refractivity contribution in [2.45, 2.75) is 18.9 Å². The largest absolute Gasteiger partial charge is 0.512 e. The van der Waals surface area contributed by atoms with Crippen LogP contribution < -0.4 is 0 Å². The Morgan fingerprint density at radius 1 is 1.69 bits per heavy atom. The third kappa shape index (κ3) is 1.89. The maximum absolute atomic E-state index is 10.6. The molecule has 0 aromatic rings. The van der Waals surface area contributed by atoms with Crippen LogP contribution in [0, 0.1) is 5.92 Å². The zero-order valence-electron chi connectivity index (χ0n) is 7.27. The summed E-state index contributed by atoms with van der Waals surface area (Å²) >= 11 is 0. The van der Waals surface area contributed by atoms with E-state index in [1.807, 2.05) is 0 Å².